The van der Waals surface area contributed by atoms with Crippen molar-refractivity contribution in [3.05, 3.63) is 47.0 Å². The molecule has 2 aliphatic rings. The summed E-state index contributed by atoms with van der Waals surface area (Å²) in [5.74, 6) is 0. The third-order valence-corrected chi connectivity index (χ3v) is 17.6. The lowest BCUT2D eigenvalue weighted by molar-refractivity contribution is 0.0735. The fourth-order valence-corrected chi connectivity index (χ4v) is 17.3. The van der Waals surface area contributed by atoms with Gasteiger partial charge in [-0.25, -0.2) is 38.7 Å². The van der Waals surface area contributed by atoms with E-state index in [0.717, 1.165) is 12.8 Å². The third kappa shape index (κ3) is 4.49. The number of aliphatic hydroxyl groups excluding tert-OH is 1. The van der Waals surface area contributed by atoms with Crippen molar-refractivity contribution in [3.8, 4) is 0 Å². The Kier molecular flexibility index (Phi) is 7.48. The van der Waals surface area contributed by atoms with Crippen LogP contribution in [0.15, 0.2) is 41.5 Å². The van der Waals surface area contributed by atoms with E-state index in [1.54, 1.807) is 18.2 Å². The minimum atomic E-state index is -5.27. The van der Waals surface area contributed by atoms with Crippen LogP contribution in [0.4, 0.5) is 0 Å². The van der Waals surface area contributed by atoms with Crippen LogP contribution in [0, 0.1) is 0 Å². The van der Waals surface area contributed by atoms with Gasteiger partial charge in [0.1, 0.15) is 0 Å². The quantitative estimate of drug-likeness (QED) is 0.252. The number of rotatable bonds is 6. The Morgan fingerprint density at radius 2 is 1.30 bits per heavy atom. The van der Waals surface area contributed by atoms with Crippen molar-refractivity contribution in [3.63, 3.8) is 0 Å². The first kappa shape index (κ1) is 32.0. The minimum absolute atomic E-state index is 0.0679. The zero-order chi connectivity index (χ0) is 32.0. The molecule has 0 amide bonds. The van der Waals surface area contributed by atoms with Crippen LogP contribution >= 0.6 is 0 Å². The van der Waals surface area contributed by atoms with E-state index in [9.17, 15) is 43.6 Å². The van der Waals surface area contributed by atoms with E-state index in [4.69, 9.17) is 9.31 Å². The van der Waals surface area contributed by atoms with Gasteiger partial charge >= 0.3 is 15.6 Å². The number of aromatic nitrogens is 2. The molecule has 2 atom stereocenters. The summed E-state index contributed by atoms with van der Waals surface area (Å²) in [6.07, 6.45) is 4.35. The number of aliphatic hydroxyl groups is 1. The Balaban J connectivity index is 1.89. The van der Waals surface area contributed by atoms with Crippen LogP contribution < -0.4 is 11.0 Å². The van der Waals surface area contributed by atoms with Gasteiger partial charge in [-0.05, 0) is 29.8 Å². The van der Waals surface area contributed by atoms with Gasteiger partial charge in [-0.1, -0.05) is 37.1 Å². The zero-order valence-electron chi connectivity index (χ0n) is 23.5. The molecule has 1 aliphatic heterocycles. The molecule has 2 fully saturated rings. The van der Waals surface area contributed by atoms with Gasteiger partial charge in [0.15, 0.2) is 39.3 Å². The number of hydrogen-bond donors (Lipinski definition) is 1. The highest BCUT2D eigenvalue weighted by molar-refractivity contribution is 8.16. The minimum Gasteiger partial charge on any atom is -0.391 e. The normalized spacial score (nSPS) is 23.1. The van der Waals surface area contributed by atoms with E-state index in [0.29, 0.717) is 43.3 Å². The molecule has 3 aromatic rings. The van der Waals surface area contributed by atoms with Crippen LogP contribution in [0.2, 0.25) is 0 Å². The average Bonchev–Trinajstić information content (AvgIpc) is 3.29. The lowest BCUT2D eigenvalue weighted by Gasteiger charge is -2.37. The highest BCUT2D eigenvalue weighted by Crippen LogP contribution is 2.51. The molecule has 1 N–H and O–H groups in total. The fourth-order valence-electron chi connectivity index (χ4n) is 6.23. The van der Waals surface area contributed by atoms with Gasteiger partial charge in [0.25, 0.3) is 5.56 Å². The Morgan fingerprint density at radius 3 is 1.79 bits per heavy atom. The average molecular weight is 677 g/mol. The maximum absolute atomic E-state index is 13.8. The van der Waals surface area contributed by atoms with Gasteiger partial charge in [-0.3, -0.25) is 9.36 Å². The van der Waals surface area contributed by atoms with Crippen LogP contribution in [0.3, 0.4) is 0 Å². The van der Waals surface area contributed by atoms with Gasteiger partial charge in [0.2, 0.25) is 0 Å². The molecule has 1 saturated heterocycles. The molecule has 14 nitrogen and oxygen atoms in total. The smallest absolute Gasteiger partial charge is 0.391 e. The first-order chi connectivity index (χ1) is 19.7. The monoisotopic (exact) mass is 676 g/mol. The number of hydrogen-bond acceptors (Lipinski definition) is 13. The summed E-state index contributed by atoms with van der Waals surface area (Å²) in [6, 6.07) is 6.79. The Bertz CT molecular complexity index is 2020. The molecule has 1 saturated carbocycles. The van der Waals surface area contributed by atoms with Crippen LogP contribution in [0.25, 0.3) is 21.7 Å². The predicted molar refractivity (Wildman–Crippen MR) is 159 cm³/mol. The summed E-state index contributed by atoms with van der Waals surface area (Å²) >= 11 is 0. The summed E-state index contributed by atoms with van der Waals surface area (Å²) in [6.45, 7) is 0. The molecule has 19 heteroatoms. The van der Waals surface area contributed by atoms with E-state index in [1.165, 1.54) is 23.0 Å². The standard InChI is InChI=1S/C24H29BN2O12S4/c1-40(30,31)23(41(2,32)33)24(42(3,34)35,43(4,36)37)39-25(38-23)18-13-17-21(16-10-6-5-9-15(16)18)26-14-27(22(17)29)19-11-7-8-12-20(19)28/h5-6,9-10,13-14,19-20,28H,7-8,11-12H2,1-4H3/t19-,20-/m0/s1. The highest BCUT2D eigenvalue weighted by atomic mass is 32.3. The number of sulfone groups is 4. The van der Waals surface area contributed by atoms with E-state index < -0.39 is 72.7 Å². The summed E-state index contributed by atoms with van der Waals surface area (Å²) in [4.78, 5) is 18.3. The van der Waals surface area contributed by atoms with Crippen molar-refractivity contribution in [1.82, 2.24) is 9.55 Å². The van der Waals surface area contributed by atoms with E-state index in [1.807, 2.05) is 0 Å². The van der Waals surface area contributed by atoms with Crippen LogP contribution in [0.1, 0.15) is 31.7 Å². The molecule has 43 heavy (non-hydrogen) atoms. The predicted octanol–water partition coefficient (Wildman–Crippen LogP) is -0.746. The first-order valence-corrected chi connectivity index (χ1v) is 20.5. The number of benzene rings is 2. The molecular formula is C24H29BN2O12S4. The maximum atomic E-state index is 13.8. The molecule has 0 spiro atoms. The lowest BCUT2D eigenvalue weighted by atomic mass is 9.75. The van der Waals surface area contributed by atoms with Crippen molar-refractivity contribution < 1.29 is 48.1 Å². The Morgan fingerprint density at radius 1 is 0.814 bits per heavy atom. The van der Waals surface area contributed by atoms with Crippen molar-refractivity contribution in [2.45, 2.75) is 46.4 Å². The molecular weight excluding hydrogens is 647 g/mol. The second kappa shape index (κ2) is 10.0. The number of fused-ring (bicyclic) bond motifs is 3. The second-order valence-electron chi connectivity index (χ2n) is 11.1. The largest absolute Gasteiger partial charge is 0.498 e. The maximum Gasteiger partial charge on any atom is 0.498 e. The Hall–Kier alpha value is -2.42. The Labute approximate surface area is 248 Å². The summed E-state index contributed by atoms with van der Waals surface area (Å²) in [5.41, 5.74) is -0.621. The summed E-state index contributed by atoms with van der Waals surface area (Å²) < 4.78 is 111. The van der Waals surface area contributed by atoms with Crippen LogP contribution in [0.5, 0.6) is 0 Å². The molecule has 1 aliphatic carbocycles. The van der Waals surface area contributed by atoms with Gasteiger partial charge < -0.3 is 14.4 Å². The van der Waals surface area contributed by atoms with E-state index in [-0.39, 0.29) is 21.8 Å². The number of nitrogens with zero attached hydrogens (tertiary/aromatic N) is 2. The molecule has 0 unspecified atom stereocenters. The van der Waals surface area contributed by atoms with Gasteiger partial charge in [0, 0.05) is 30.4 Å². The van der Waals surface area contributed by atoms with E-state index in [2.05, 4.69) is 4.98 Å². The van der Waals surface area contributed by atoms with Crippen LogP contribution in [-0.2, 0) is 48.7 Å². The molecule has 1 aromatic heterocycles. The SMILES string of the molecule is CS(=O)(=O)C1(S(C)(=O)=O)OB(c2cc3c(=O)n([C@H]4CCCC[C@@H]4O)cnc3c3ccccc23)OC1(S(C)(=O)=O)S(C)(=O)=O. The van der Waals surface area contributed by atoms with Gasteiger partial charge in [-0.15, -0.1) is 0 Å². The molecule has 0 bridgehead atoms. The van der Waals surface area contributed by atoms with E-state index >= 15 is 0 Å². The molecule has 234 valence electrons. The topological polar surface area (TPSA) is 210 Å². The van der Waals surface area contributed by atoms with Crippen molar-refractivity contribution >= 4 is 73.6 Å². The molecule has 5 rings (SSSR count). The second-order valence-corrected chi connectivity index (χ2v) is 20.0. The summed E-state index contributed by atoms with van der Waals surface area (Å²) in [5, 5.41) is 11.0. The molecule has 0 radical (unpaired) electrons. The molecule has 2 heterocycles. The van der Waals surface area contributed by atoms with Crippen molar-refractivity contribution in [1.29, 1.82) is 0 Å². The summed E-state index contributed by atoms with van der Waals surface area (Å²) in [7, 11) is -23.3. The zero-order valence-corrected chi connectivity index (χ0v) is 26.8. The lowest BCUT2D eigenvalue weighted by Crippen LogP contribution is -2.67. The van der Waals surface area contributed by atoms with Crippen molar-refractivity contribution in [2.75, 3.05) is 25.0 Å². The third-order valence-electron chi connectivity index (χ3n) is 7.98. The highest BCUT2D eigenvalue weighted by Gasteiger charge is 2.83. The van der Waals surface area contributed by atoms with Gasteiger partial charge in [-0.2, -0.15) is 0 Å². The van der Waals surface area contributed by atoms with Gasteiger partial charge in [0.05, 0.1) is 29.4 Å². The van der Waals surface area contributed by atoms with Crippen LogP contribution in [-0.4, -0.2) is 95.1 Å². The van der Waals surface area contributed by atoms with Crippen molar-refractivity contribution in [2.24, 2.45) is 0 Å². The fraction of sp³-hybridized carbons (Fsp3) is 0.500. The molecule has 2 aromatic carbocycles. The first-order valence-electron chi connectivity index (χ1n) is 12.9.